The van der Waals surface area contributed by atoms with Crippen molar-refractivity contribution in [2.24, 2.45) is 0 Å². The minimum atomic E-state index is -0.0937. The van der Waals surface area contributed by atoms with E-state index in [9.17, 15) is 9.59 Å². The number of nitrogens with one attached hydrogen (secondary N) is 2. The fraction of sp³-hybridized carbons (Fsp3) is 0.120. The Morgan fingerprint density at radius 1 is 0.788 bits per heavy atom. The van der Waals surface area contributed by atoms with Crippen LogP contribution in [0.5, 0.6) is 0 Å². The Hall–Kier alpha value is -3.23. The first-order valence-electron chi connectivity index (χ1n) is 10.2. The Morgan fingerprint density at radius 2 is 1.36 bits per heavy atom. The van der Waals surface area contributed by atoms with Crippen LogP contribution in [-0.2, 0) is 5.75 Å². The molecule has 2 aromatic heterocycles. The summed E-state index contributed by atoms with van der Waals surface area (Å²) in [6, 6.07) is 21.6. The molecule has 5 aromatic rings. The second-order valence-corrected chi connectivity index (χ2v) is 9.38. The number of fused-ring (bicyclic) bond motifs is 2. The zero-order chi connectivity index (χ0) is 23.4. The van der Waals surface area contributed by atoms with E-state index in [2.05, 4.69) is 48.0 Å². The second kappa shape index (κ2) is 10.1. The van der Waals surface area contributed by atoms with Gasteiger partial charge < -0.3 is 9.97 Å². The molecule has 2 heterocycles. The molecule has 0 spiro atoms. The molecule has 0 atom stereocenters. The molecule has 0 saturated heterocycles. The molecule has 0 fully saturated rings. The second-order valence-electron chi connectivity index (χ2n) is 7.42. The molecule has 5 rings (SSSR count). The minimum absolute atomic E-state index is 0.0744. The van der Waals surface area contributed by atoms with Gasteiger partial charge in [-0.15, -0.1) is 11.8 Å². The van der Waals surface area contributed by atoms with Crippen LogP contribution < -0.4 is 11.1 Å². The number of aromatic amines is 2. The highest BCUT2D eigenvalue weighted by atomic mass is 79.9. The van der Waals surface area contributed by atoms with Crippen LogP contribution in [0, 0.1) is 13.8 Å². The van der Waals surface area contributed by atoms with Gasteiger partial charge in [0.25, 0.3) is 11.1 Å². The lowest BCUT2D eigenvalue weighted by molar-refractivity contribution is 1.06. The van der Waals surface area contributed by atoms with E-state index in [0.717, 1.165) is 26.2 Å². The highest BCUT2D eigenvalue weighted by Gasteiger charge is 2.04. The predicted molar refractivity (Wildman–Crippen MR) is 138 cm³/mol. The van der Waals surface area contributed by atoms with Gasteiger partial charge in [-0.05, 0) is 55.8 Å². The van der Waals surface area contributed by atoms with Crippen molar-refractivity contribution in [3.05, 3.63) is 109 Å². The largest absolute Gasteiger partial charge is 0.310 e. The molecule has 6 nitrogen and oxygen atoms in total. The van der Waals surface area contributed by atoms with E-state index in [1.165, 1.54) is 5.56 Å². The van der Waals surface area contributed by atoms with E-state index in [0.29, 0.717) is 22.4 Å². The van der Waals surface area contributed by atoms with Gasteiger partial charge in [-0.1, -0.05) is 46.3 Å². The number of H-pyrrole nitrogens is 2. The zero-order valence-corrected chi connectivity index (χ0v) is 20.5. The number of nitrogens with zero attached hydrogens (tertiary/aromatic N) is 2. The number of aromatic nitrogens is 4. The molecule has 0 bridgehead atoms. The number of rotatable bonds is 3. The van der Waals surface area contributed by atoms with Crippen LogP contribution in [0.1, 0.15) is 17.2 Å². The summed E-state index contributed by atoms with van der Waals surface area (Å²) in [4.78, 5) is 38.4. The van der Waals surface area contributed by atoms with Crippen LogP contribution in [0.2, 0.25) is 0 Å². The van der Waals surface area contributed by atoms with Crippen LogP contribution in [0.15, 0.2) is 85.7 Å². The third-order valence-electron chi connectivity index (χ3n) is 4.83. The molecule has 0 radical (unpaired) electrons. The highest BCUT2D eigenvalue weighted by Crippen LogP contribution is 2.24. The normalized spacial score (nSPS) is 10.8. The third kappa shape index (κ3) is 5.77. The standard InChI is InChI=1S/C16H14N2OS.C9H7BrN2O/c1-11-17-15-8-7-13(9-14(15)16(19)18-11)20-10-12-5-3-2-4-6-12;1-5-11-8-3-2-6(10)4-7(8)9(13)12-5/h2-9H,10H2,1H3,(H,17,18,19);2-4H,1H3,(H,11,12,13). The van der Waals surface area contributed by atoms with Gasteiger partial charge in [0.2, 0.25) is 0 Å². The van der Waals surface area contributed by atoms with Crippen molar-refractivity contribution in [2.45, 2.75) is 24.5 Å². The van der Waals surface area contributed by atoms with Gasteiger partial charge in [-0.25, -0.2) is 9.97 Å². The Kier molecular flexibility index (Phi) is 7.05. The number of halogens is 1. The van der Waals surface area contributed by atoms with Crippen LogP contribution in [0.25, 0.3) is 21.8 Å². The van der Waals surface area contributed by atoms with Crippen LogP contribution in [0.3, 0.4) is 0 Å². The summed E-state index contributed by atoms with van der Waals surface area (Å²) in [5, 5.41) is 1.26. The maximum absolute atomic E-state index is 11.9. The molecule has 2 N–H and O–H groups in total. The van der Waals surface area contributed by atoms with E-state index in [4.69, 9.17) is 0 Å². The summed E-state index contributed by atoms with van der Waals surface area (Å²) >= 11 is 5.03. The Balaban J connectivity index is 0.000000172. The average molecular weight is 521 g/mol. The fourth-order valence-electron chi connectivity index (χ4n) is 3.29. The summed E-state index contributed by atoms with van der Waals surface area (Å²) in [5.74, 6) is 2.18. The van der Waals surface area contributed by atoms with E-state index in [1.54, 1.807) is 31.7 Å². The van der Waals surface area contributed by atoms with Gasteiger partial charge in [0.1, 0.15) is 11.6 Å². The molecule has 0 unspecified atom stereocenters. The Bertz CT molecular complexity index is 1550. The molecule has 3 aromatic carbocycles. The first-order valence-corrected chi connectivity index (χ1v) is 12.0. The van der Waals surface area contributed by atoms with Gasteiger partial charge >= 0.3 is 0 Å². The van der Waals surface area contributed by atoms with E-state index < -0.39 is 0 Å². The summed E-state index contributed by atoms with van der Waals surface area (Å²) < 4.78 is 0.885. The Labute approximate surface area is 202 Å². The molecular formula is C25H21BrN4O2S. The lowest BCUT2D eigenvalue weighted by atomic mass is 10.2. The van der Waals surface area contributed by atoms with Crippen molar-refractivity contribution in [1.29, 1.82) is 0 Å². The first-order chi connectivity index (χ1) is 15.9. The van der Waals surface area contributed by atoms with Crippen molar-refractivity contribution < 1.29 is 0 Å². The Morgan fingerprint density at radius 3 is 2.00 bits per heavy atom. The van der Waals surface area contributed by atoms with Crippen molar-refractivity contribution in [3.8, 4) is 0 Å². The number of hydrogen-bond acceptors (Lipinski definition) is 5. The van der Waals surface area contributed by atoms with E-state index in [-0.39, 0.29) is 11.1 Å². The molecule has 8 heteroatoms. The van der Waals surface area contributed by atoms with Gasteiger partial charge in [0.05, 0.1) is 21.8 Å². The van der Waals surface area contributed by atoms with Crippen LogP contribution in [-0.4, -0.2) is 19.9 Å². The smallest absolute Gasteiger partial charge is 0.258 e. The van der Waals surface area contributed by atoms with Crippen LogP contribution >= 0.6 is 27.7 Å². The molecular weight excluding hydrogens is 500 g/mol. The van der Waals surface area contributed by atoms with Gasteiger partial charge in [-0.3, -0.25) is 9.59 Å². The lowest BCUT2D eigenvalue weighted by Gasteiger charge is -2.04. The average Bonchev–Trinajstić information content (AvgIpc) is 2.79. The lowest BCUT2D eigenvalue weighted by Crippen LogP contribution is -2.09. The quantitative estimate of drug-likeness (QED) is 0.305. The molecule has 0 saturated carbocycles. The maximum Gasteiger partial charge on any atom is 0.258 e. The number of thioether (sulfide) groups is 1. The topological polar surface area (TPSA) is 91.5 Å². The maximum atomic E-state index is 11.9. The number of hydrogen-bond donors (Lipinski definition) is 2. The molecule has 0 aliphatic rings. The molecule has 0 amide bonds. The summed E-state index contributed by atoms with van der Waals surface area (Å²) in [6.45, 7) is 3.56. The third-order valence-corrected chi connectivity index (χ3v) is 6.39. The fourth-order valence-corrected chi connectivity index (χ4v) is 4.55. The van der Waals surface area contributed by atoms with Crippen molar-refractivity contribution >= 4 is 49.5 Å². The van der Waals surface area contributed by atoms with Gasteiger partial charge in [0, 0.05) is 15.1 Å². The van der Waals surface area contributed by atoms with Crippen LogP contribution in [0.4, 0.5) is 0 Å². The van der Waals surface area contributed by atoms with E-state index in [1.807, 2.05) is 48.5 Å². The first kappa shape index (κ1) is 22.9. The zero-order valence-electron chi connectivity index (χ0n) is 18.1. The molecule has 0 aliphatic heterocycles. The predicted octanol–water partition coefficient (Wildman–Crippen LogP) is 5.52. The monoisotopic (exact) mass is 520 g/mol. The van der Waals surface area contributed by atoms with Crippen molar-refractivity contribution in [2.75, 3.05) is 0 Å². The summed E-state index contributed by atoms with van der Waals surface area (Å²) in [6.07, 6.45) is 0. The SMILES string of the molecule is Cc1nc2ccc(Br)cc2c(=O)[nH]1.Cc1nc2ccc(SCc3ccccc3)cc2c(=O)[nH]1. The molecule has 0 aliphatic carbocycles. The van der Waals surface area contributed by atoms with Crippen molar-refractivity contribution in [3.63, 3.8) is 0 Å². The number of benzene rings is 3. The summed E-state index contributed by atoms with van der Waals surface area (Å²) in [5.41, 5.74) is 2.58. The molecule has 166 valence electrons. The molecule has 33 heavy (non-hydrogen) atoms. The summed E-state index contributed by atoms with van der Waals surface area (Å²) in [7, 11) is 0. The van der Waals surface area contributed by atoms with E-state index >= 15 is 0 Å². The number of aryl methyl sites for hydroxylation is 2. The van der Waals surface area contributed by atoms with Crippen molar-refractivity contribution in [1.82, 2.24) is 19.9 Å². The van der Waals surface area contributed by atoms with Gasteiger partial charge in [-0.2, -0.15) is 0 Å². The minimum Gasteiger partial charge on any atom is -0.310 e. The highest BCUT2D eigenvalue weighted by molar-refractivity contribution is 9.10. The van der Waals surface area contributed by atoms with Gasteiger partial charge in [0.15, 0.2) is 0 Å².